The predicted octanol–water partition coefficient (Wildman–Crippen LogP) is 2.10. The summed E-state index contributed by atoms with van der Waals surface area (Å²) in [6, 6.07) is 2.14. The van der Waals surface area contributed by atoms with Crippen LogP contribution in [0.15, 0.2) is 21.5 Å². The number of hydrogen-bond donors (Lipinski definition) is 2. The van der Waals surface area contributed by atoms with Gasteiger partial charge >= 0.3 is 0 Å². The molecule has 0 saturated carbocycles. The Morgan fingerprint density at radius 1 is 1.47 bits per heavy atom. The molecule has 3 N–H and O–H groups in total. The number of nitrogens with one attached hydrogen (secondary N) is 1. The molecule has 1 rings (SSSR count). The van der Waals surface area contributed by atoms with Gasteiger partial charge < -0.3 is 5.73 Å². The summed E-state index contributed by atoms with van der Waals surface area (Å²) in [4.78, 5) is -0.432. The van der Waals surface area contributed by atoms with Crippen molar-refractivity contribution in [3.8, 4) is 0 Å². The highest BCUT2D eigenvalue weighted by molar-refractivity contribution is 9.10. The molecule has 0 heterocycles. The molecule has 0 aliphatic carbocycles. The molecule has 0 saturated heterocycles. The monoisotopic (exact) mass is 324 g/mol. The molecule has 0 aliphatic heterocycles. The zero-order valence-electron chi connectivity index (χ0n) is 9.50. The molecule has 0 aromatic heterocycles. The highest BCUT2D eigenvalue weighted by Crippen LogP contribution is 2.25. The Bertz CT molecular complexity index is 517. The van der Waals surface area contributed by atoms with E-state index in [4.69, 9.17) is 5.73 Å². The van der Waals surface area contributed by atoms with E-state index in [0.717, 1.165) is 12.1 Å². The Balaban J connectivity index is 3.11. The van der Waals surface area contributed by atoms with Gasteiger partial charge in [-0.15, -0.1) is 0 Å². The van der Waals surface area contributed by atoms with Gasteiger partial charge in [0.2, 0.25) is 10.0 Å². The maximum absolute atomic E-state index is 13.5. The number of nitrogens with two attached hydrogens (primary N) is 1. The summed E-state index contributed by atoms with van der Waals surface area (Å²) in [6.07, 6.45) is 0. The molecule has 4 nitrogen and oxygen atoms in total. The summed E-state index contributed by atoms with van der Waals surface area (Å²) >= 11 is 3.03. The second-order valence-electron chi connectivity index (χ2n) is 4.05. The quantitative estimate of drug-likeness (QED) is 0.833. The van der Waals surface area contributed by atoms with Crippen LogP contribution in [-0.2, 0) is 10.0 Å². The molecule has 0 aliphatic rings. The van der Waals surface area contributed by atoms with Crippen LogP contribution < -0.4 is 10.5 Å². The van der Waals surface area contributed by atoms with Crippen molar-refractivity contribution in [2.45, 2.75) is 18.7 Å². The largest absolute Gasteiger partial charge is 0.398 e. The van der Waals surface area contributed by atoms with Crippen LogP contribution in [0, 0.1) is 11.7 Å². The summed E-state index contributed by atoms with van der Waals surface area (Å²) in [5.41, 5.74) is 5.71. The third-order valence-electron chi connectivity index (χ3n) is 2.02. The Labute approximate surface area is 109 Å². The van der Waals surface area contributed by atoms with E-state index in [2.05, 4.69) is 20.7 Å². The van der Waals surface area contributed by atoms with Gasteiger partial charge in [0.1, 0.15) is 10.7 Å². The number of anilines is 1. The molecule has 1 aromatic rings. The van der Waals surface area contributed by atoms with E-state index in [1.165, 1.54) is 0 Å². The van der Waals surface area contributed by atoms with Gasteiger partial charge in [-0.3, -0.25) is 0 Å². The van der Waals surface area contributed by atoms with Crippen LogP contribution in [0.4, 0.5) is 10.1 Å². The number of hydrogen-bond acceptors (Lipinski definition) is 3. The number of sulfonamides is 1. The fourth-order valence-electron chi connectivity index (χ4n) is 1.10. The average molecular weight is 325 g/mol. The van der Waals surface area contributed by atoms with E-state index >= 15 is 0 Å². The molecule has 1 aromatic carbocycles. The fraction of sp³-hybridized carbons (Fsp3) is 0.400. The molecule has 17 heavy (non-hydrogen) atoms. The maximum atomic E-state index is 13.5. The normalized spacial score (nSPS) is 12.1. The lowest BCUT2D eigenvalue weighted by Crippen LogP contribution is -2.28. The standard InChI is InChI=1S/C10H14BrFN2O2S/c1-6(2)5-14-17(15,16)10-4-9(13)7(11)3-8(10)12/h3-4,6,14H,5,13H2,1-2H3. The van der Waals surface area contributed by atoms with Gasteiger partial charge in [-0.1, -0.05) is 13.8 Å². The lowest BCUT2D eigenvalue weighted by molar-refractivity contribution is 0.543. The smallest absolute Gasteiger partial charge is 0.243 e. The van der Waals surface area contributed by atoms with Gasteiger partial charge in [-0.25, -0.2) is 17.5 Å². The third-order valence-corrected chi connectivity index (χ3v) is 4.15. The lowest BCUT2D eigenvalue weighted by atomic mass is 10.2. The maximum Gasteiger partial charge on any atom is 0.243 e. The van der Waals surface area contributed by atoms with E-state index in [1.807, 2.05) is 13.8 Å². The molecule has 0 unspecified atom stereocenters. The molecular formula is C10H14BrFN2O2S. The van der Waals surface area contributed by atoms with Gasteiger partial charge in [-0.2, -0.15) is 0 Å². The molecule has 0 fully saturated rings. The van der Waals surface area contributed by atoms with Gasteiger partial charge in [0.15, 0.2) is 0 Å². The summed E-state index contributed by atoms with van der Waals surface area (Å²) in [7, 11) is -3.85. The average Bonchev–Trinajstić information content (AvgIpc) is 2.20. The Morgan fingerprint density at radius 3 is 2.59 bits per heavy atom. The van der Waals surface area contributed by atoms with Gasteiger partial charge in [-0.05, 0) is 34.0 Å². The number of halogens is 2. The van der Waals surface area contributed by atoms with Crippen LogP contribution in [-0.4, -0.2) is 15.0 Å². The van der Waals surface area contributed by atoms with Crippen molar-refractivity contribution < 1.29 is 12.8 Å². The van der Waals surface area contributed by atoms with Crippen molar-refractivity contribution in [1.82, 2.24) is 4.72 Å². The zero-order chi connectivity index (χ0) is 13.2. The van der Waals surface area contributed by atoms with E-state index in [9.17, 15) is 12.8 Å². The van der Waals surface area contributed by atoms with Crippen LogP contribution in [0.2, 0.25) is 0 Å². The Morgan fingerprint density at radius 2 is 2.06 bits per heavy atom. The van der Waals surface area contributed by atoms with Crippen molar-refractivity contribution in [2.75, 3.05) is 12.3 Å². The predicted molar refractivity (Wildman–Crippen MR) is 68.5 cm³/mol. The van der Waals surface area contributed by atoms with Crippen molar-refractivity contribution in [2.24, 2.45) is 5.92 Å². The first-order valence-corrected chi connectivity index (χ1v) is 7.26. The molecule has 0 amide bonds. The minimum atomic E-state index is -3.85. The highest BCUT2D eigenvalue weighted by atomic mass is 79.9. The van der Waals surface area contributed by atoms with E-state index in [-0.39, 0.29) is 18.2 Å². The summed E-state index contributed by atoms with van der Waals surface area (Å²) in [5, 5.41) is 0. The Kier molecular flexibility index (Phi) is 4.51. The van der Waals surface area contributed by atoms with Crippen molar-refractivity contribution in [1.29, 1.82) is 0 Å². The Hall–Kier alpha value is -0.660. The van der Waals surface area contributed by atoms with E-state index in [1.54, 1.807) is 0 Å². The molecule has 0 spiro atoms. The summed E-state index contributed by atoms with van der Waals surface area (Å²) < 4.78 is 39.8. The first kappa shape index (κ1) is 14.4. The first-order valence-electron chi connectivity index (χ1n) is 4.98. The minimum Gasteiger partial charge on any atom is -0.398 e. The number of benzene rings is 1. The van der Waals surface area contributed by atoms with Crippen molar-refractivity contribution in [3.63, 3.8) is 0 Å². The molecule has 0 radical (unpaired) electrons. The van der Waals surface area contributed by atoms with Crippen LogP contribution in [0.25, 0.3) is 0 Å². The highest BCUT2D eigenvalue weighted by Gasteiger charge is 2.20. The molecule has 0 atom stereocenters. The summed E-state index contributed by atoms with van der Waals surface area (Å²) in [5.74, 6) is -0.692. The third kappa shape index (κ3) is 3.65. The summed E-state index contributed by atoms with van der Waals surface area (Å²) in [6.45, 7) is 3.96. The van der Waals surface area contributed by atoms with Crippen LogP contribution >= 0.6 is 15.9 Å². The van der Waals surface area contributed by atoms with Crippen LogP contribution in [0.3, 0.4) is 0 Å². The van der Waals surface area contributed by atoms with Gasteiger partial charge in [0.25, 0.3) is 0 Å². The van der Waals surface area contributed by atoms with Crippen LogP contribution in [0.5, 0.6) is 0 Å². The van der Waals surface area contributed by atoms with E-state index in [0.29, 0.717) is 4.47 Å². The van der Waals surface area contributed by atoms with Crippen molar-refractivity contribution in [3.05, 3.63) is 22.4 Å². The topological polar surface area (TPSA) is 72.2 Å². The molecular weight excluding hydrogens is 311 g/mol. The minimum absolute atomic E-state index is 0.139. The van der Waals surface area contributed by atoms with Gasteiger partial charge in [0.05, 0.1) is 0 Å². The van der Waals surface area contributed by atoms with E-state index < -0.39 is 20.7 Å². The molecule has 7 heteroatoms. The number of nitrogen functional groups attached to an aromatic ring is 1. The van der Waals surface area contributed by atoms with Crippen molar-refractivity contribution >= 4 is 31.6 Å². The lowest BCUT2D eigenvalue weighted by Gasteiger charge is -2.10. The van der Waals surface area contributed by atoms with Gasteiger partial charge in [0, 0.05) is 16.7 Å². The second kappa shape index (κ2) is 5.32. The zero-order valence-corrected chi connectivity index (χ0v) is 11.9. The SMILES string of the molecule is CC(C)CNS(=O)(=O)c1cc(N)c(Br)cc1F. The first-order chi connectivity index (χ1) is 7.74. The van der Waals surface area contributed by atoms with Crippen LogP contribution in [0.1, 0.15) is 13.8 Å². The second-order valence-corrected chi connectivity index (χ2v) is 6.64. The molecule has 0 bridgehead atoms. The molecule has 96 valence electrons. The fourth-order valence-corrected chi connectivity index (χ4v) is 2.73. The number of rotatable bonds is 4.